The van der Waals surface area contributed by atoms with Gasteiger partial charge in [-0.1, -0.05) is 36.3 Å². The van der Waals surface area contributed by atoms with Gasteiger partial charge in [-0.25, -0.2) is 0 Å². The Bertz CT molecular complexity index is 1060. The molecule has 0 bridgehead atoms. The first-order chi connectivity index (χ1) is 16.9. The van der Waals surface area contributed by atoms with Crippen molar-refractivity contribution in [3.8, 4) is 0 Å². The summed E-state index contributed by atoms with van der Waals surface area (Å²) in [5.41, 5.74) is 8.24. The minimum Gasteiger partial charge on any atom is -0.481 e. The third-order valence-electron chi connectivity index (χ3n) is 7.41. The highest BCUT2D eigenvalue weighted by atomic mass is 16.6. The topological polar surface area (TPSA) is 65.4 Å². The minimum absolute atomic E-state index is 0.240. The molecule has 2 aliphatic heterocycles. The highest BCUT2D eigenvalue weighted by molar-refractivity contribution is 5.98. The summed E-state index contributed by atoms with van der Waals surface area (Å²) in [6.45, 7) is 11.4. The molecule has 0 aliphatic carbocycles. The monoisotopic (exact) mass is 477 g/mol. The first-order valence-electron chi connectivity index (χ1n) is 13.0. The van der Waals surface area contributed by atoms with Crippen molar-refractivity contribution in [1.29, 1.82) is 0 Å². The number of piperidine rings is 1. The molecular formula is C29H39N3O3. The maximum atomic E-state index is 11.3. The average Bonchev–Trinajstić information content (AvgIpc) is 3.34. The molecule has 6 nitrogen and oxygen atoms in total. The van der Waals surface area contributed by atoms with Crippen LogP contribution in [0.25, 0.3) is 0 Å². The second-order valence-electron chi connectivity index (χ2n) is 10.0. The maximum Gasteiger partial charge on any atom is 0.307 e. The predicted molar refractivity (Wildman–Crippen MR) is 141 cm³/mol. The van der Waals surface area contributed by atoms with Crippen LogP contribution >= 0.6 is 0 Å². The van der Waals surface area contributed by atoms with E-state index in [4.69, 9.17) is 4.84 Å². The van der Waals surface area contributed by atoms with E-state index >= 15 is 0 Å². The summed E-state index contributed by atoms with van der Waals surface area (Å²) < 4.78 is 0. The van der Waals surface area contributed by atoms with Gasteiger partial charge in [0.15, 0.2) is 0 Å². The van der Waals surface area contributed by atoms with Gasteiger partial charge < -0.3 is 14.8 Å². The molecule has 0 unspecified atom stereocenters. The number of nitrogens with zero attached hydrogens (tertiary/aromatic N) is 3. The van der Waals surface area contributed by atoms with Crippen LogP contribution in [0.15, 0.2) is 41.6 Å². The molecule has 2 saturated heterocycles. The summed E-state index contributed by atoms with van der Waals surface area (Å²) >= 11 is 0. The molecule has 0 amide bonds. The van der Waals surface area contributed by atoms with Crippen LogP contribution in [0, 0.1) is 12.8 Å². The number of aryl methyl sites for hydroxylation is 2. The number of benzene rings is 2. The van der Waals surface area contributed by atoms with Crippen molar-refractivity contribution in [3.05, 3.63) is 64.2 Å². The van der Waals surface area contributed by atoms with Gasteiger partial charge in [0, 0.05) is 31.9 Å². The normalized spacial score (nSPS) is 19.2. The van der Waals surface area contributed by atoms with E-state index in [1.165, 1.54) is 41.6 Å². The van der Waals surface area contributed by atoms with Gasteiger partial charge in [-0.2, -0.15) is 0 Å². The van der Waals surface area contributed by atoms with Crippen molar-refractivity contribution in [2.45, 2.75) is 66.0 Å². The molecule has 2 fully saturated rings. The lowest BCUT2D eigenvalue weighted by Gasteiger charge is -2.30. The number of carbonyl (C=O) groups is 1. The number of oxime groups is 1. The Labute approximate surface area is 209 Å². The van der Waals surface area contributed by atoms with Crippen LogP contribution in [0.5, 0.6) is 0 Å². The smallest absolute Gasteiger partial charge is 0.307 e. The Morgan fingerprint density at radius 3 is 2.57 bits per heavy atom. The SMILES string of the molecule is CCc1cc(/C(C)=N/OCc2ccc(N3CCCCC3)c(C)c2)ccc1CN1CC[C@H](C(=O)O)C1. The van der Waals surface area contributed by atoms with Crippen molar-refractivity contribution in [1.82, 2.24) is 4.90 Å². The molecule has 35 heavy (non-hydrogen) atoms. The quantitative estimate of drug-likeness (QED) is 0.387. The molecule has 1 N–H and O–H groups in total. The van der Waals surface area contributed by atoms with Gasteiger partial charge in [-0.15, -0.1) is 0 Å². The van der Waals surface area contributed by atoms with Crippen molar-refractivity contribution in [2.24, 2.45) is 11.1 Å². The van der Waals surface area contributed by atoms with Crippen LogP contribution < -0.4 is 4.90 Å². The Morgan fingerprint density at radius 2 is 1.89 bits per heavy atom. The fourth-order valence-electron chi connectivity index (χ4n) is 5.31. The van der Waals surface area contributed by atoms with Gasteiger partial charge in [-0.05, 0) is 92.4 Å². The molecular weight excluding hydrogens is 438 g/mol. The molecule has 1 atom stereocenters. The third kappa shape index (κ3) is 6.43. The van der Waals surface area contributed by atoms with Crippen molar-refractivity contribution in [2.75, 3.05) is 31.1 Å². The number of hydrogen-bond acceptors (Lipinski definition) is 5. The molecule has 2 aliphatic rings. The third-order valence-corrected chi connectivity index (χ3v) is 7.41. The first-order valence-corrected chi connectivity index (χ1v) is 13.0. The van der Waals surface area contributed by atoms with Crippen LogP contribution in [0.4, 0.5) is 5.69 Å². The van der Waals surface area contributed by atoms with Crippen molar-refractivity contribution < 1.29 is 14.7 Å². The summed E-state index contributed by atoms with van der Waals surface area (Å²) in [4.78, 5) is 21.7. The summed E-state index contributed by atoms with van der Waals surface area (Å²) in [5.74, 6) is -0.922. The van der Waals surface area contributed by atoms with Gasteiger partial charge in [-0.3, -0.25) is 9.69 Å². The minimum atomic E-state index is -0.682. The first kappa shape index (κ1) is 25.2. The number of carboxylic acid groups (broad SMARTS) is 1. The van der Waals surface area contributed by atoms with E-state index in [1.807, 2.05) is 6.92 Å². The lowest BCUT2D eigenvalue weighted by molar-refractivity contribution is -0.141. The Hall–Kier alpha value is -2.86. The zero-order chi connectivity index (χ0) is 24.8. The van der Waals surface area contributed by atoms with Crippen molar-refractivity contribution >= 4 is 17.4 Å². The number of anilines is 1. The largest absolute Gasteiger partial charge is 0.481 e. The summed E-state index contributed by atoms with van der Waals surface area (Å²) in [6.07, 6.45) is 5.56. The lowest BCUT2D eigenvalue weighted by atomic mass is 9.99. The second kappa shape index (κ2) is 11.7. The highest BCUT2D eigenvalue weighted by Gasteiger charge is 2.28. The van der Waals surface area contributed by atoms with E-state index in [1.54, 1.807) is 0 Å². The molecule has 6 heteroatoms. The Balaban J connectivity index is 1.35. The van der Waals surface area contributed by atoms with E-state index in [-0.39, 0.29) is 5.92 Å². The Kier molecular flexibility index (Phi) is 8.45. The van der Waals surface area contributed by atoms with E-state index in [2.05, 4.69) is 65.2 Å². The predicted octanol–water partition coefficient (Wildman–Crippen LogP) is 5.40. The number of carboxylic acids is 1. The van der Waals surface area contributed by atoms with Gasteiger partial charge in [0.25, 0.3) is 0 Å². The number of aliphatic carboxylic acids is 1. The second-order valence-corrected chi connectivity index (χ2v) is 10.0. The fourth-order valence-corrected chi connectivity index (χ4v) is 5.31. The molecule has 0 radical (unpaired) electrons. The number of hydrogen-bond donors (Lipinski definition) is 1. The summed E-state index contributed by atoms with van der Waals surface area (Å²) in [5, 5.41) is 13.7. The number of likely N-dealkylation sites (tertiary alicyclic amines) is 1. The lowest BCUT2D eigenvalue weighted by Crippen LogP contribution is -2.29. The maximum absolute atomic E-state index is 11.3. The molecule has 2 heterocycles. The molecule has 4 rings (SSSR count). The van der Waals surface area contributed by atoms with Gasteiger partial charge in [0.1, 0.15) is 6.61 Å². The van der Waals surface area contributed by atoms with Crippen LogP contribution in [0.1, 0.15) is 67.3 Å². The van der Waals surface area contributed by atoms with E-state index in [0.29, 0.717) is 13.2 Å². The summed E-state index contributed by atoms with van der Waals surface area (Å²) in [7, 11) is 0. The molecule has 2 aromatic rings. The molecule has 0 saturated carbocycles. The van der Waals surface area contributed by atoms with Crippen LogP contribution in [-0.2, 0) is 29.2 Å². The van der Waals surface area contributed by atoms with E-state index in [0.717, 1.165) is 55.9 Å². The molecule has 0 aromatic heterocycles. The molecule has 0 spiro atoms. The van der Waals surface area contributed by atoms with Crippen molar-refractivity contribution in [3.63, 3.8) is 0 Å². The zero-order valence-electron chi connectivity index (χ0n) is 21.4. The standard InChI is InChI=1S/C29H39N3O3/c1-4-24-17-25(9-10-26(24)18-31-15-12-27(19-31)29(33)34)22(3)30-35-20-23-8-11-28(21(2)16-23)32-13-6-5-7-14-32/h8-11,16-17,27H,4-7,12-15,18-20H2,1-3H3,(H,33,34)/b30-22+/t27-/m0/s1. The van der Waals surface area contributed by atoms with Gasteiger partial charge in [0.2, 0.25) is 0 Å². The van der Waals surface area contributed by atoms with Gasteiger partial charge >= 0.3 is 5.97 Å². The fraction of sp³-hybridized carbons (Fsp3) is 0.517. The molecule has 188 valence electrons. The Morgan fingerprint density at radius 1 is 1.09 bits per heavy atom. The molecule has 2 aromatic carbocycles. The van der Waals surface area contributed by atoms with Gasteiger partial charge in [0.05, 0.1) is 11.6 Å². The van der Waals surface area contributed by atoms with Crippen LogP contribution in [0.2, 0.25) is 0 Å². The van der Waals surface area contributed by atoms with E-state index < -0.39 is 5.97 Å². The van der Waals surface area contributed by atoms with Crippen LogP contribution in [-0.4, -0.2) is 47.9 Å². The summed E-state index contributed by atoms with van der Waals surface area (Å²) in [6, 6.07) is 13.0. The van der Waals surface area contributed by atoms with E-state index in [9.17, 15) is 9.90 Å². The average molecular weight is 478 g/mol. The zero-order valence-corrected chi connectivity index (χ0v) is 21.4. The highest BCUT2D eigenvalue weighted by Crippen LogP contribution is 2.25. The number of rotatable bonds is 9. The van der Waals surface area contributed by atoms with Crippen LogP contribution in [0.3, 0.4) is 0 Å².